The second-order valence-corrected chi connectivity index (χ2v) is 7.27. The minimum absolute atomic E-state index is 0.240. The summed E-state index contributed by atoms with van der Waals surface area (Å²) in [5.74, 6) is 1.78. The summed E-state index contributed by atoms with van der Waals surface area (Å²) in [7, 11) is 1.63. The lowest BCUT2D eigenvalue weighted by molar-refractivity contribution is 0.0784. The van der Waals surface area contributed by atoms with E-state index in [1.54, 1.807) is 25.4 Å². The van der Waals surface area contributed by atoms with Crippen molar-refractivity contribution in [1.29, 1.82) is 0 Å². The molecule has 8 nitrogen and oxygen atoms in total. The summed E-state index contributed by atoms with van der Waals surface area (Å²) in [6.45, 7) is -0.411. The molecule has 1 amide bonds. The van der Waals surface area contributed by atoms with Crippen molar-refractivity contribution in [1.82, 2.24) is 25.5 Å². The monoisotopic (exact) mass is 432 g/mol. The van der Waals surface area contributed by atoms with Gasteiger partial charge >= 0.3 is 0 Å². The number of hydrogen-bond acceptors (Lipinski definition) is 6. The summed E-state index contributed by atoms with van der Waals surface area (Å²) in [5, 5.41) is 13.8. The van der Waals surface area contributed by atoms with Crippen LogP contribution in [0.25, 0.3) is 11.3 Å². The van der Waals surface area contributed by atoms with Gasteiger partial charge in [-0.2, -0.15) is 5.21 Å². The molecule has 4 rings (SSSR count). The van der Waals surface area contributed by atoms with Crippen LogP contribution in [0.2, 0.25) is 0 Å². The maximum atomic E-state index is 13.0. The smallest absolute Gasteiger partial charge is 0.253 e. The van der Waals surface area contributed by atoms with Gasteiger partial charge in [0.2, 0.25) is 0 Å². The molecule has 2 heterocycles. The first-order chi connectivity index (χ1) is 16.1. The van der Waals surface area contributed by atoms with Gasteiger partial charge in [-0.05, 0) is 43.2 Å². The third-order valence-electron chi connectivity index (χ3n) is 4.95. The number of hydrogen-bond donors (Lipinski definition) is 1. The van der Waals surface area contributed by atoms with Crippen LogP contribution >= 0.6 is 0 Å². The van der Waals surface area contributed by atoms with Gasteiger partial charge < -0.3 is 14.1 Å². The maximum Gasteiger partial charge on any atom is 0.253 e. The summed E-state index contributed by atoms with van der Waals surface area (Å²) < 4.78 is 20.0. The molecule has 1 atom stereocenters. The highest BCUT2D eigenvalue weighted by Gasteiger charge is 2.15. The predicted molar refractivity (Wildman–Crippen MR) is 119 cm³/mol. The molecule has 32 heavy (non-hydrogen) atoms. The van der Waals surface area contributed by atoms with Gasteiger partial charge in [0.05, 0.1) is 14.2 Å². The largest absolute Gasteiger partial charge is 0.493 e. The number of aromatic amines is 1. The Balaban J connectivity index is 1.36. The van der Waals surface area contributed by atoms with Crippen LogP contribution in [0.3, 0.4) is 0 Å². The molecule has 0 fully saturated rings. The molecule has 2 aromatic heterocycles. The van der Waals surface area contributed by atoms with Gasteiger partial charge in [0, 0.05) is 36.7 Å². The van der Waals surface area contributed by atoms with E-state index in [0.29, 0.717) is 29.3 Å². The van der Waals surface area contributed by atoms with Crippen LogP contribution in [0.1, 0.15) is 36.0 Å². The van der Waals surface area contributed by atoms with Gasteiger partial charge in [0.25, 0.3) is 5.91 Å². The minimum atomic E-state index is -0.905. The van der Waals surface area contributed by atoms with E-state index in [2.05, 4.69) is 20.6 Å². The number of unbranched alkanes of at least 4 members (excludes halogenated alkanes) is 1. The minimum Gasteiger partial charge on any atom is -0.493 e. The lowest BCUT2D eigenvalue weighted by atomic mass is 10.1. The maximum absolute atomic E-state index is 13.0. The van der Waals surface area contributed by atoms with Gasteiger partial charge in [0.1, 0.15) is 11.5 Å². The number of aryl methyl sites for hydroxylation is 1. The molecule has 0 aliphatic carbocycles. The quantitative estimate of drug-likeness (QED) is 0.378. The molecule has 1 unspecified atom stereocenters. The van der Waals surface area contributed by atoms with E-state index in [4.69, 9.17) is 10.5 Å². The van der Waals surface area contributed by atoms with Crippen molar-refractivity contribution in [3.8, 4) is 17.1 Å². The number of carbonyl (C=O) groups is 1. The Kier molecular flexibility index (Phi) is 6.49. The van der Waals surface area contributed by atoms with E-state index in [-0.39, 0.29) is 5.91 Å². The van der Waals surface area contributed by atoms with E-state index in [1.165, 1.54) is 4.90 Å². The Bertz CT molecular complexity index is 1150. The SMILES string of the molecule is [2H]C(c1ccccc1OCCCCc1nn[nH]n1)N(C)C(=O)c1ccc(-c2ccco2)cc1. The number of aromatic nitrogens is 4. The average molecular weight is 433 g/mol. The van der Waals surface area contributed by atoms with E-state index in [0.717, 1.165) is 30.6 Å². The lowest BCUT2D eigenvalue weighted by Crippen LogP contribution is -2.26. The van der Waals surface area contributed by atoms with Gasteiger partial charge in [0.15, 0.2) is 5.82 Å². The zero-order valence-corrected chi connectivity index (χ0v) is 17.8. The van der Waals surface area contributed by atoms with Crippen molar-refractivity contribution in [2.45, 2.75) is 25.8 Å². The normalized spacial score (nSPS) is 12.2. The van der Waals surface area contributed by atoms with E-state index in [9.17, 15) is 4.79 Å². The molecule has 4 aromatic rings. The predicted octanol–water partition coefficient (Wildman–Crippen LogP) is 4.13. The molecule has 0 bridgehead atoms. The highest BCUT2D eigenvalue weighted by atomic mass is 16.5. The number of ether oxygens (including phenoxy) is 1. The Morgan fingerprint density at radius 3 is 2.72 bits per heavy atom. The molecule has 0 saturated heterocycles. The highest BCUT2D eigenvalue weighted by Crippen LogP contribution is 2.23. The zero-order chi connectivity index (χ0) is 23.0. The third-order valence-corrected chi connectivity index (χ3v) is 4.95. The number of rotatable bonds is 10. The fraction of sp³-hybridized carbons (Fsp3) is 0.250. The Hall–Kier alpha value is -3.94. The first-order valence-electron chi connectivity index (χ1n) is 11.0. The number of nitrogens with zero attached hydrogens (tertiary/aromatic N) is 4. The summed E-state index contributed by atoms with van der Waals surface area (Å²) in [4.78, 5) is 14.4. The van der Waals surface area contributed by atoms with Crippen molar-refractivity contribution in [2.75, 3.05) is 13.7 Å². The van der Waals surface area contributed by atoms with Crippen molar-refractivity contribution in [3.05, 3.63) is 83.9 Å². The fourth-order valence-electron chi connectivity index (χ4n) is 3.27. The van der Waals surface area contributed by atoms with Crippen LogP contribution in [0.4, 0.5) is 0 Å². The standard InChI is InChI=1S/C24H25N5O3/c1-29(24(30)19-13-11-18(12-14-19)21-9-6-16-32-21)17-20-7-2-3-8-22(20)31-15-5-4-10-23-25-27-28-26-23/h2-3,6-9,11-14,16H,4-5,10,15,17H2,1H3,(H,25,26,27,28)/i17D. The van der Waals surface area contributed by atoms with Crippen molar-refractivity contribution in [2.24, 2.45) is 0 Å². The van der Waals surface area contributed by atoms with E-state index < -0.39 is 6.52 Å². The summed E-state index contributed by atoms with van der Waals surface area (Å²) in [6.07, 6.45) is 4.00. The van der Waals surface area contributed by atoms with Crippen LogP contribution in [-0.2, 0) is 12.9 Å². The van der Waals surface area contributed by atoms with Crippen molar-refractivity contribution >= 4 is 5.91 Å². The Morgan fingerprint density at radius 2 is 1.97 bits per heavy atom. The molecule has 0 aliphatic rings. The fourth-order valence-corrected chi connectivity index (χ4v) is 3.27. The molecule has 164 valence electrons. The van der Waals surface area contributed by atoms with Crippen LogP contribution in [0.15, 0.2) is 71.3 Å². The van der Waals surface area contributed by atoms with Crippen molar-refractivity contribution < 1.29 is 15.3 Å². The first kappa shape index (κ1) is 20.0. The number of carbonyl (C=O) groups excluding carboxylic acids is 1. The summed E-state index contributed by atoms with van der Waals surface area (Å²) in [5.41, 5.74) is 2.03. The molecule has 0 saturated carbocycles. The number of benzene rings is 2. The van der Waals surface area contributed by atoms with Gasteiger partial charge in [-0.15, -0.1) is 10.2 Å². The molecule has 2 aromatic carbocycles. The number of furan rings is 1. The first-order valence-corrected chi connectivity index (χ1v) is 10.4. The summed E-state index contributed by atoms with van der Waals surface area (Å²) >= 11 is 0. The highest BCUT2D eigenvalue weighted by molar-refractivity contribution is 5.94. The zero-order valence-electron chi connectivity index (χ0n) is 18.8. The third kappa shape index (κ3) is 5.40. The molecule has 8 heteroatoms. The molecular weight excluding hydrogens is 406 g/mol. The number of nitrogens with one attached hydrogen (secondary N) is 1. The van der Waals surface area contributed by atoms with Gasteiger partial charge in [-0.1, -0.05) is 35.5 Å². The lowest BCUT2D eigenvalue weighted by Gasteiger charge is -2.19. The molecule has 1 N–H and O–H groups in total. The molecule has 0 spiro atoms. The number of para-hydroxylation sites is 1. The molecular formula is C24H25N5O3. The van der Waals surface area contributed by atoms with Gasteiger partial charge in [-0.3, -0.25) is 4.79 Å². The topological polar surface area (TPSA) is 97.1 Å². The second kappa shape index (κ2) is 10.4. The summed E-state index contributed by atoms with van der Waals surface area (Å²) in [6, 6.07) is 18.2. The van der Waals surface area contributed by atoms with Crippen LogP contribution in [0.5, 0.6) is 5.75 Å². The molecule has 0 radical (unpaired) electrons. The van der Waals surface area contributed by atoms with Crippen molar-refractivity contribution in [3.63, 3.8) is 0 Å². The molecule has 0 aliphatic heterocycles. The second-order valence-electron chi connectivity index (χ2n) is 7.27. The van der Waals surface area contributed by atoms with Gasteiger partial charge in [-0.25, -0.2) is 0 Å². The Morgan fingerprint density at radius 1 is 1.12 bits per heavy atom. The van der Waals surface area contributed by atoms with E-state index >= 15 is 0 Å². The van der Waals surface area contributed by atoms with Crippen LogP contribution < -0.4 is 4.74 Å². The number of tetrazole rings is 1. The number of amides is 1. The van der Waals surface area contributed by atoms with Crippen LogP contribution in [-0.4, -0.2) is 45.1 Å². The Labute approximate surface area is 187 Å². The average Bonchev–Trinajstić information content (AvgIpc) is 3.58. The van der Waals surface area contributed by atoms with E-state index in [1.807, 2.05) is 48.5 Å². The van der Waals surface area contributed by atoms with Crippen LogP contribution in [0, 0.1) is 0 Å². The number of H-pyrrole nitrogens is 1.